The van der Waals surface area contributed by atoms with Gasteiger partial charge in [0, 0.05) is 74.9 Å². The SMILES string of the molecule is CC(=O)N[C@@H](CCCN=C(N)N)C(=O)N[C@H]1CC(=O)NCCCC[C@@H](C(N)=O)NC(=O)[C@H](Cc2c[nH]c3ccccc23)CC(=O)[C@H](CCCN=C(N)N)CC(=O)[C@@H](Cc2ccccc2)NC(=O)[C@@H](CN)NC1=O. The number of aromatic amines is 1. The van der Waals surface area contributed by atoms with Crippen molar-refractivity contribution in [3.05, 3.63) is 71.9 Å². The van der Waals surface area contributed by atoms with Crippen molar-refractivity contribution < 1.29 is 43.2 Å². The molecule has 1 saturated heterocycles. The monoisotopic (exact) mass is 1010 g/mol. The van der Waals surface area contributed by atoms with E-state index in [1.165, 1.54) is 6.92 Å². The van der Waals surface area contributed by atoms with E-state index >= 15 is 0 Å². The molecular weight excluding hydrogens is 943 g/mol. The minimum Gasteiger partial charge on any atom is -0.370 e. The number of aromatic nitrogens is 1. The van der Waals surface area contributed by atoms with Gasteiger partial charge in [0.1, 0.15) is 30.0 Å². The number of benzene rings is 2. The van der Waals surface area contributed by atoms with Crippen molar-refractivity contribution >= 4 is 75.7 Å². The molecule has 7 amide bonds. The van der Waals surface area contributed by atoms with Crippen LogP contribution in [0.5, 0.6) is 0 Å². The maximum atomic E-state index is 14.6. The molecule has 2 heterocycles. The molecule has 396 valence electrons. The molecule has 19 N–H and O–H groups in total. The summed E-state index contributed by atoms with van der Waals surface area (Å²) in [4.78, 5) is 135. The summed E-state index contributed by atoms with van der Waals surface area (Å²) in [6, 6.07) is 9.39. The van der Waals surface area contributed by atoms with Crippen LogP contribution < -0.4 is 66.3 Å². The zero-order chi connectivity index (χ0) is 53.5. The highest BCUT2D eigenvalue weighted by molar-refractivity contribution is 5.99. The maximum Gasteiger partial charge on any atom is 0.244 e. The second kappa shape index (κ2) is 29.5. The second-order valence-corrected chi connectivity index (χ2v) is 18.1. The highest BCUT2D eigenvalue weighted by atomic mass is 16.2. The van der Waals surface area contributed by atoms with Gasteiger partial charge in [-0.3, -0.25) is 53.1 Å². The van der Waals surface area contributed by atoms with Gasteiger partial charge in [-0.1, -0.05) is 48.5 Å². The van der Waals surface area contributed by atoms with Gasteiger partial charge in [0.2, 0.25) is 41.4 Å². The molecule has 0 saturated carbocycles. The predicted octanol–water partition coefficient (Wildman–Crippen LogP) is -2.21. The number of guanidine groups is 2. The molecule has 0 unspecified atom stereocenters. The van der Waals surface area contributed by atoms with Crippen LogP contribution in [0, 0.1) is 11.8 Å². The lowest BCUT2D eigenvalue weighted by molar-refractivity contribution is -0.136. The van der Waals surface area contributed by atoms with E-state index in [9.17, 15) is 43.2 Å². The number of nitrogens with one attached hydrogen (secondary N) is 7. The third kappa shape index (κ3) is 19.7. The van der Waals surface area contributed by atoms with Crippen molar-refractivity contribution in [2.75, 3.05) is 26.2 Å². The van der Waals surface area contributed by atoms with Gasteiger partial charge in [0.15, 0.2) is 17.7 Å². The lowest BCUT2D eigenvalue weighted by atomic mass is 9.83. The Labute approximate surface area is 423 Å². The number of Topliss-reactive ketones (excluding diaryl/α,β-unsaturated/α-hetero) is 2. The molecule has 0 bridgehead atoms. The molecule has 1 fully saturated rings. The van der Waals surface area contributed by atoms with E-state index in [0.717, 1.165) is 16.5 Å². The van der Waals surface area contributed by atoms with Crippen LogP contribution in [0.1, 0.15) is 82.3 Å². The van der Waals surface area contributed by atoms with E-state index in [-0.39, 0.29) is 95.8 Å². The topological polar surface area (TPSA) is 422 Å². The first-order valence-electron chi connectivity index (χ1n) is 24.3. The molecule has 1 aromatic heterocycles. The molecule has 73 heavy (non-hydrogen) atoms. The lowest BCUT2D eigenvalue weighted by Crippen LogP contribution is -2.60. The fraction of sp³-hybridized carbons (Fsp3) is 0.490. The van der Waals surface area contributed by atoms with Gasteiger partial charge in [-0.15, -0.1) is 0 Å². The third-order valence-electron chi connectivity index (χ3n) is 12.3. The number of H-pyrrole nitrogens is 1. The van der Waals surface area contributed by atoms with Crippen molar-refractivity contribution in [3.8, 4) is 0 Å². The largest absolute Gasteiger partial charge is 0.370 e. The number of nitrogens with zero attached hydrogens (tertiary/aromatic N) is 2. The third-order valence-corrected chi connectivity index (χ3v) is 12.3. The zero-order valence-corrected chi connectivity index (χ0v) is 41.2. The summed E-state index contributed by atoms with van der Waals surface area (Å²) in [7, 11) is 0. The minimum absolute atomic E-state index is 0.0345. The van der Waals surface area contributed by atoms with Crippen LogP contribution in [0.3, 0.4) is 0 Å². The Balaban J connectivity index is 1.74. The maximum absolute atomic E-state index is 14.6. The van der Waals surface area contributed by atoms with Crippen molar-refractivity contribution in [1.29, 1.82) is 0 Å². The zero-order valence-electron chi connectivity index (χ0n) is 41.2. The number of aliphatic imine (C=N–C) groups is 2. The molecule has 24 nitrogen and oxygen atoms in total. The quantitative estimate of drug-likeness (QED) is 0.0388. The summed E-state index contributed by atoms with van der Waals surface area (Å²) in [6.45, 7) is 0.977. The second-order valence-electron chi connectivity index (χ2n) is 18.1. The van der Waals surface area contributed by atoms with Crippen molar-refractivity contribution in [2.45, 2.75) is 114 Å². The number of para-hydroxylation sites is 1. The number of carbonyl (C=O) groups excluding carboxylic acids is 9. The van der Waals surface area contributed by atoms with Crippen LogP contribution in [0.25, 0.3) is 10.9 Å². The van der Waals surface area contributed by atoms with Gasteiger partial charge in [-0.25, -0.2) is 0 Å². The lowest BCUT2D eigenvalue weighted by Gasteiger charge is -2.26. The Morgan fingerprint density at radius 3 is 2.05 bits per heavy atom. The van der Waals surface area contributed by atoms with Gasteiger partial charge in [0.05, 0.1) is 12.5 Å². The summed E-state index contributed by atoms with van der Waals surface area (Å²) in [6.07, 6.45) is 1.66. The Bertz CT molecular complexity index is 2450. The van der Waals surface area contributed by atoms with Crippen molar-refractivity contribution in [1.82, 2.24) is 36.9 Å². The van der Waals surface area contributed by atoms with Gasteiger partial charge in [0.25, 0.3) is 0 Å². The first-order chi connectivity index (χ1) is 34.8. The molecule has 3 aromatic rings. The molecule has 4 rings (SSSR count). The van der Waals surface area contributed by atoms with Crippen LogP contribution >= 0.6 is 0 Å². The average Bonchev–Trinajstić information content (AvgIpc) is 3.75. The van der Waals surface area contributed by atoms with Gasteiger partial charge in [-0.05, 0) is 75.0 Å². The first kappa shape index (κ1) is 57.7. The minimum atomic E-state index is -1.62. The van der Waals surface area contributed by atoms with E-state index in [4.69, 9.17) is 34.4 Å². The van der Waals surface area contributed by atoms with Gasteiger partial charge < -0.3 is 71.3 Å². The normalized spacial score (nSPS) is 21.6. The smallest absolute Gasteiger partial charge is 0.244 e. The molecular formula is C49H71N15O9. The highest BCUT2D eigenvalue weighted by Gasteiger charge is 2.35. The predicted molar refractivity (Wildman–Crippen MR) is 273 cm³/mol. The number of hydrogen-bond acceptors (Lipinski definition) is 12. The highest BCUT2D eigenvalue weighted by Crippen LogP contribution is 2.26. The number of fused-ring (bicyclic) bond motifs is 1. The summed E-state index contributed by atoms with van der Waals surface area (Å²) >= 11 is 0. The number of carbonyl (C=O) groups is 9. The number of nitrogens with two attached hydrogens (primary N) is 6. The molecule has 0 spiro atoms. The molecule has 1 aliphatic rings. The van der Waals surface area contributed by atoms with E-state index in [1.807, 2.05) is 24.3 Å². The summed E-state index contributed by atoms with van der Waals surface area (Å²) < 4.78 is 0. The van der Waals surface area contributed by atoms with E-state index in [0.29, 0.717) is 5.56 Å². The van der Waals surface area contributed by atoms with Crippen LogP contribution in [0.4, 0.5) is 0 Å². The Hall–Kier alpha value is -7.89. The summed E-state index contributed by atoms with van der Waals surface area (Å²) in [5.74, 6) is -8.81. The molecule has 1 aliphatic heterocycles. The number of rotatable bonds is 17. The standard InChI is InChI=1S/C49H71N15O9/c1-28(65)60-36(17-10-20-58-49(54)55)45(71)63-38-25-42(68)56-18-8-7-16-35(43(51)69)61-44(70)31(22-32-27-59-34-15-6-5-14-33(32)34)24-40(66)30(13-9-19-57-48(52)53)23-41(67)37(21-29-11-3-2-4-12-29)62-47(73)39(26-50)64-46(38)72/h2-6,11-12,14-15,27,30-31,35-39,59H,7-10,13,16-26,50H2,1H3,(H2,51,69)(H,56,68)(H,60,65)(H,61,70)(H,62,73)(H,63,71)(H,64,72)(H4,52,53,57)(H4,54,55,58)/t30-,31-,35+,36+,37-,38+,39-/m1/s1. The number of ketones is 2. The molecule has 2 aromatic carbocycles. The van der Waals surface area contributed by atoms with Gasteiger partial charge in [-0.2, -0.15) is 0 Å². The summed E-state index contributed by atoms with van der Waals surface area (Å²) in [5, 5.41) is 16.5. The van der Waals surface area contributed by atoms with Crippen molar-refractivity contribution in [3.63, 3.8) is 0 Å². The molecule has 0 aliphatic carbocycles. The van der Waals surface area contributed by atoms with Crippen LogP contribution in [0.2, 0.25) is 0 Å². The van der Waals surface area contributed by atoms with E-state index in [1.54, 1.807) is 36.5 Å². The molecule has 24 heteroatoms. The Morgan fingerprint density at radius 2 is 1.38 bits per heavy atom. The van der Waals surface area contributed by atoms with Crippen LogP contribution in [-0.2, 0) is 56.0 Å². The first-order valence-corrected chi connectivity index (χ1v) is 24.3. The number of hydrogen-bond donors (Lipinski definition) is 13. The Morgan fingerprint density at radius 1 is 0.726 bits per heavy atom. The van der Waals surface area contributed by atoms with Crippen LogP contribution in [-0.4, -0.2) is 126 Å². The Kier molecular flexibility index (Phi) is 23.3. The summed E-state index contributed by atoms with van der Waals surface area (Å²) in [5.41, 5.74) is 36.0. The van der Waals surface area contributed by atoms with Gasteiger partial charge >= 0.3 is 0 Å². The average molecular weight is 1010 g/mol. The molecule has 7 atom stereocenters. The molecule has 0 radical (unpaired) electrons. The fourth-order valence-corrected chi connectivity index (χ4v) is 8.45. The van der Waals surface area contributed by atoms with Crippen LogP contribution in [0.15, 0.2) is 70.8 Å². The van der Waals surface area contributed by atoms with E-state index < -0.39 is 114 Å². The van der Waals surface area contributed by atoms with Crippen molar-refractivity contribution in [2.24, 2.45) is 56.2 Å². The van der Waals surface area contributed by atoms with E-state index in [2.05, 4.69) is 46.9 Å². The number of amides is 7. The fourth-order valence-electron chi connectivity index (χ4n) is 8.45. The number of primary amides is 1.